The van der Waals surface area contributed by atoms with Crippen molar-refractivity contribution in [1.82, 2.24) is 5.32 Å². The highest BCUT2D eigenvalue weighted by Gasteiger charge is 2.40. The molecular weight excluding hydrogens is 256 g/mol. The van der Waals surface area contributed by atoms with Crippen molar-refractivity contribution in [2.45, 2.75) is 38.3 Å². The first-order valence-corrected chi connectivity index (χ1v) is 7.08. The minimum Gasteiger partial charge on any atom is -0.468 e. The van der Waals surface area contributed by atoms with Gasteiger partial charge in [-0.25, -0.2) is 0 Å². The van der Waals surface area contributed by atoms with Gasteiger partial charge >= 0.3 is 0 Å². The number of likely N-dealkylation sites (N-methyl/N-ethyl adjacent to an activating group) is 1. The summed E-state index contributed by atoms with van der Waals surface area (Å²) < 4.78 is 6.20. The number of rotatable bonds is 3. The molecule has 2 aliphatic rings. The van der Waals surface area contributed by atoms with Crippen LogP contribution in [0.2, 0.25) is 0 Å². The molecule has 0 spiro atoms. The summed E-state index contributed by atoms with van der Waals surface area (Å²) in [4.78, 5) is 10.5. The summed E-state index contributed by atoms with van der Waals surface area (Å²) in [6, 6.07) is 4.79. The van der Waals surface area contributed by atoms with E-state index >= 15 is 0 Å². The Hall–Kier alpha value is -1.88. The van der Waals surface area contributed by atoms with Gasteiger partial charge in [-0.2, -0.15) is 0 Å². The van der Waals surface area contributed by atoms with E-state index in [2.05, 4.69) is 18.3 Å². The summed E-state index contributed by atoms with van der Waals surface area (Å²) in [6.07, 6.45) is 6.27. The molecule has 0 aromatic heterocycles. The van der Waals surface area contributed by atoms with E-state index in [4.69, 9.17) is 4.74 Å². The zero-order chi connectivity index (χ0) is 14.2. The fourth-order valence-electron chi connectivity index (χ4n) is 3.11. The first-order valence-electron chi connectivity index (χ1n) is 7.08. The SMILES string of the molecule is CCNC12CCCCC1=Cc1cc([N+](=O)[O-])ccc1O2. The lowest BCUT2D eigenvalue weighted by atomic mass is 9.83. The topological polar surface area (TPSA) is 64.4 Å². The quantitative estimate of drug-likeness (QED) is 0.678. The fourth-order valence-corrected chi connectivity index (χ4v) is 3.11. The monoisotopic (exact) mass is 274 g/mol. The van der Waals surface area contributed by atoms with Crippen molar-refractivity contribution in [3.05, 3.63) is 39.4 Å². The van der Waals surface area contributed by atoms with Gasteiger partial charge in [0.1, 0.15) is 5.75 Å². The molecule has 0 radical (unpaired) electrons. The molecule has 0 amide bonds. The third-order valence-electron chi connectivity index (χ3n) is 4.02. The summed E-state index contributed by atoms with van der Waals surface area (Å²) in [7, 11) is 0. The van der Waals surface area contributed by atoms with Crippen LogP contribution in [0.5, 0.6) is 5.75 Å². The minimum absolute atomic E-state index is 0.107. The molecule has 0 bridgehead atoms. The van der Waals surface area contributed by atoms with Crippen LogP contribution in [0.1, 0.15) is 38.2 Å². The van der Waals surface area contributed by atoms with Crippen LogP contribution in [0.4, 0.5) is 5.69 Å². The van der Waals surface area contributed by atoms with Crippen molar-refractivity contribution in [1.29, 1.82) is 0 Å². The van der Waals surface area contributed by atoms with Gasteiger partial charge in [0.25, 0.3) is 5.69 Å². The van der Waals surface area contributed by atoms with Gasteiger partial charge in [0.2, 0.25) is 0 Å². The lowest BCUT2D eigenvalue weighted by molar-refractivity contribution is -0.384. The molecule has 1 unspecified atom stereocenters. The molecular formula is C15H18N2O3. The van der Waals surface area contributed by atoms with Gasteiger partial charge in [0.05, 0.1) is 4.92 Å². The van der Waals surface area contributed by atoms with Crippen molar-refractivity contribution >= 4 is 11.8 Å². The number of benzene rings is 1. The molecule has 3 rings (SSSR count). The molecule has 1 saturated carbocycles. The number of hydrogen-bond acceptors (Lipinski definition) is 4. The van der Waals surface area contributed by atoms with Gasteiger partial charge in [-0.1, -0.05) is 6.92 Å². The van der Waals surface area contributed by atoms with E-state index in [0.717, 1.165) is 43.5 Å². The number of ether oxygens (including phenoxy) is 1. The van der Waals surface area contributed by atoms with Crippen LogP contribution in [-0.4, -0.2) is 17.2 Å². The van der Waals surface area contributed by atoms with E-state index in [9.17, 15) is 10.1 Å². The standard InChI is InChI=1S/C15H18N2O3/c1-2-16-15-8-4-3-5-12(15)9-11-10-13(17(18)19)6-7-14(11)20-15/h6-7,9-10,16H,2-5,8H2,1H3. The number of nitrogens with one attached hydrogen (secondary N) is 1. The van der Waals surface area contributed by atoms with Gasteiger partial charge in [-0.3, -0.25) is 15.4 Å². The third kappa shape index (κ3) is 2.08. The number of nitro benzene ring substituents is 1. The van der Waals surface area contributed by atoms with Crippen LogP contribution < -0.4 is 10.1 Å². The zero-order valence-electron chi connectivity index (χ0n) is 11.5. The van der Waals surface area contributed by atoms with Crippen LogP contribution in [0.15, 0.2) is 23.8 Å². The van der Waals surface area contributed by atoms with Crippen molar-refractivity contribution < 1.29 is 9.66 Å². The third-order valence-corrected chi connectivity index (χ3v) is 4.02. The number of nitro groups is 1. The summed E-state index contributed by atoms with van der Waals surface area (Å²) >= 11 is 0. The van der Waals surface area contributed by atoms with Gasteiger partial charge < -0.3 is 4.74 Å². The Morgan fingerprint density at radius 2 is 2.30 bits per heavy atom. The van der Waals surface area contributed by atoms with Gasteiger partial charge in [-0.05, 0) is 43.5 Å². The van der Waals surface area contributed by atoms with Gasteiger partial charge in [0, 0.05) is 24.1 Å². The van der Waals surface area contributed by atoms with E-state index in [0.29, 0.717) is 0 Å². The smallest absolute Gasteiger partial charge is 0.270 e. The molecule has 1 heterocycles. The van der Waals surface area contributed by atoms with E-state index in [1.807, 2.05) is 0 Å². The van der Waals surface area contributed by atoms with Crippen LogP contribution in [0.3, 0.4) is 0 Å². The molecule has 20 heavy (non-hydrogen) atoms. The lowest BCUT2D eigenvalue weighted by Gasteiger charge is -2.43. The van der Waals surface area contributed by atoms with Crippen LogP contribution in [0, 0.1) is 10.1 Å². The van der Waals surface area contributed by atoms with E-state index in [1.165, 1.54) is 11.6 Å². The predicted molar refractivity (Wildman–Crippen MR) is 76.6 cm³/mol. The Bertz CT molecular complexity index is 578. The second kappa shape index (κ2) is 4.90. The normalized spacial score (nSPS) is 24.1. The minimum atomic E-state index is -0.407. The first-order chi connectivity index (χ1) is 9.64. The van der Waals surface area contributed by atoms with Crippen molar-refractivity contribution in [3.63, 3.8) is 0 Å². The Labute approximate surface area is 117 Å². The number of nitrogens with zero attached hydrogens (tertiary/aromatic N) is 1. The molecule has 1 aromatic carbocycles. The Balaban J connectivity index is 2.04. The molecule has 1 atom stereocenters. The maximum atomic E-state index is 10.9. The van der Waals surface area contributed by atoms with Crippen molar-refractivity contribution in [2.24, 2.45) is 0 Å². The fraction of sp³-hybridized carbons (Fsp3) is 0.467. The van der Waals surface area contributed by atoms with Crippen LogP contribution >= 0.6 is 0 Å². The van der Waals surface area contributed by atoms with Crippen molar-refractivity contribution in [3.8, 4) is 5.75 Å². The summed E-state index contributed by atoms with van der Waals surface area (Å²) in [6.45, 7) is 2.90. The summed E-state index contributed by atoms with van der Waals surface area (Å²) in [5, 5.41) is 14.3. The highest BCUT2D eigenvalue weighted by Crippen LogP contribution is 2.42. The molecule has 1 aliphatic carbocycles. The lowest BCUT2D eigenvalue weighted by Crippen LogP contribution is -2.54. The summed E-state index contributed by atoms with van der Waals surface area (Å²) in [5.74, 6) is 0.724. The predicted octanol–water partition coefficient (Wildman–Crippen LogP) is 3.25. The van der Waals surface area contributed by atoms with Crippen LogP contribution in [-0.2, 0) is 0 Å². The Morgan fingerprint density at radius 1 is 1.45 bits per heavy atom. The van der Waals surface area contributed by atoms with Crippen molar-refractivity contribution in [2.75, 3.05) is 6.54 Å². The Morgan fingerprint density at radius 3 is 3.05 bits per heavy atom. The van der Waals surface area contributed by atoms with E-state index in [-0.39, 0.29) is 10.6 Å². The average Bonchev–Trinajstić information content (AvgIpc) is 2.44. The second-order valence-corrected chi connectivity index (χ2v) is 5.32. The molecule has 1 aromatic rings. The Kier molecular flexibility index (Phi) is 3.22. The second-order valence-electron chi connectivity index (χ2n) is 5.32. The van der Waals surface area contributed by atoms with Gasteiger partial charge in [0.15, 0.2) is 5.72 Å². The largest absolute Gasteiger partial charge is 0.468 e. The molecule has 1 fully saturated rings. The zero-order valence-corrected chi connectivity index (χ0v) is 11.5. The highest BCUT2D eigenvalue weighted by molar-refractivity contribution is 5.67. The molecule has 106 valence electrons. The number of hydrogen-bond donors (Lipinski definition) is 1. The molecule has 1 N–H and O–H groups in total. The van der Waals surface area contributed by atoms with Crippen LogP contribution in [0.25, 0.3) is 6.08 Å². The maximum Gasteiger partial charge on any atom is 0.270 e. The average molecular weight is 274 g/mol. The molecule has 5 heteroatoms. The maximum absolute atomic E-state index is 10.9. The summed E-state index contributed by atoms with van der Waals surface area (Å²) in [5.41, 5.74) is 1.72. The van der Waals surface area contributed by atoms with E-state index in [1.54, 1.807) is 12.1 Å². The number of fused-ring (bicyclic) bond motifs is 2. The molecule has 1 aliphatic heterocycles. The molecule has 5 nitrogen and oxygen atoms in total. The molecule has 0 saturated heterocycles. The first kappa shape index (κ1) is 13.1. The highest BCUT2D eigenvalue weighted by atomic mass is 16.6. The van der Waals surface area contributed by atoms with Gasteiger partial charge in [-0.15, -0.1) is 0 Å². The number of non-ortho nitro benzene ring substituents is 1. The van der Waals surface area contributed by atoms with E-state index < -0.39 is 5.72 Å².